The number of tetrazole rings is 1. The lowest BCUT2D eigenvalue weighted by Crippen LogP contribution is -2.35. The van der Waals surface area contributed by atoms with Crippen molar-refractivity contribution in [1.82, 2.24) is 29.8 Å². The van der Waals surface area contributed by atoms with Gasteiger partial charge in [0, 0.05) is 11.5 Å². The monoisotopic (exact) mass is 512 g/mol. The van der Waals surface area contributed by atoms with Crippen molar-refractivity contribution in [2.45, 2.75) is 64.8 Å². The topological polar surface area (TPSA) is 116 Å². The van der Waals surface area contributed by atoms with Crippen LogP contribution in [0, 0.1) is 5.92 Å². The Labute approximate surface area is 220 Å². The second-order valence-corrected chi connectivity index (χ2v) is 9.91. The molecule has 0 unspecified atom stereocenters. The third kappa shape index (κ3) is 5.01. The maximum absolute atomic E-state index is 13.6. The molecule has 9 nitrogen and oxygen atoms in total. The predicted octanol–water partition coefficient (Wildman–Crippen LogP) is 4.92. The van der Waals surface area contributed by atoms with Crippen LogP contribution in [-0.2, 0) is 13.0 Å². The van der Waals surface area contributed by atoms with Gasteiger partial charge in [0.1, 0.15) is 5.69 Å². The van der Waals surface area contributed by atoms with Crippen LogP contribution in [-0.4, -0.2) is 42.0 Å². The van der Waals surface area contributed by atoms with Crippen molar-refractivity contribution in [3.8, 4) is 22.5 Å². The smallest absolute Gasteiger partial charge is 0.296 e. The van der Waals surface area contributed by atoms with Crippen molar-refractivity contribution in [1.29, 1.82) is 0 Å². The zero-order valence-corrected chi connectivity index (χ0v) is 21.6. The zero-order valence-electron chi connectivity index (χ0n) is 21.6. The molecule has 196 valence electrons. The van der Waals surface area contributed by atoms with Gasteiger partial charge in [-0.2, -0.15) is 5.21 Å². The number of nitrogens with one attached hydrogen (secondary N) is 1. The Morgan fingerprint density at radius 1 is 1.05 bits per heavy atom. The lowest BCUT2D eigenvalue weighted by atomic mass is 9.88. The number of unbranched alkanes of at least 4 members (excludes halogenated alkanes) is 1. The fourth-order valence-electron chi connectivity index (χ4n) is 5.42. The number of hydrogen-bond acceptors (Lipinski definition) is 6. The summed E-state index contributed by atoms with van der Waals surface area (Å²) in [6, 6.07) is 15.8. The minimum absolute atomic E-state index is 0.200. The number of imidazole rings is 1. The van der Waals surface area contributed by atoms with E-state index in [0.29, 0.717) is 24.2 Å². The number of aromatic nitrogens is 6. The van der Waals surface area contributed by atoms with Gasteiger partial charge in [-0.1, -0.05) is 81.1 Å². The number of rotatable bonds is 9. The molecular formula is C29H32N6O3. The van der Waals surface area contributed by atoms with E-state index in [9.17, 15) is 14.4 Å². The van der Waals surface area contributed by atoms with Crippen molar-refractivity contribution in [2.24, 2.45) is 5.92 Å². The van der Waals surface area contributed by atoms with Gasteiger partial charge >= 0.3 is 5.69 Å². The standard InChI is InChI=1S/C29H32N6O3/c1-2-3-13-25-26(19-36)35(28(37)22-9-5-4-6-10-22)29(38)34(25)18-20-14-16-21(17-15-20)23-11-7-8-12-24(23)27-30-32-33-31-27/h7-8,11-12,14-17,19,22H,2-6,9-10,13,18H2,1H3,(H,30,31,32,33). The number of nitrogens with zero attached hydrogens (tertiary/aromatic N) is 5. The molecule has 0 spiro atoms. The fourth-order valence-corrected chi connectivity index (χ4v) is 5.42. The van der Waals surface area contributed by atoms with Crippen molar-refractivity contribution in [3.63, 3.8) is 0 Å². The van der Waals surface area contributed by atoms with Gasteiger partial charge in [0.15, 0.2) is 6.29 Å². The molecular weight excluding hydrogens is 480 g/mol. The summed E-state index contributed by atoms with van der Waals surface area (Å²) in [7, 11) is 0. The Morgan fingerprint density at radius 3 is 2.45 bits per heavy atom. The summed E-state index contributed by atoms with van der Waals surface area (Å²) in [4.78, 5) is 39.2. The van der Waals surface area contributed by atoms with Gasteiger partial charge in [-0.25, -0.2) is 9.36 Å². The lowest BCUT2D eigenvalue weighted by Gasteiger charge is -2.20. The highest BCUT2D eigenvalue weighted by molar-refractivity contribution is 5.88. The molecule has 0 atom stereocenters. The van der Waals surface area contributed by atoms with Crippen LogP contribution in [0.1, 0.15) is 78.4 Å². The molecule has 5 rings (SSSR count). The molecule has 0 bridgehead atoms. The third-order valence-electron chi connectivity index (χ3n) is 7.46. The molecule has 1 aliphatic carbocycles. The van der Waals surface area contributed by atoms with Gasteiger partial charge in [0.25, 0.3) is 0 Å². The normalized spacial score (nSPS) is 14.0. The molecule has 2 heterocycles. The molecule has 1 fully saturated rings. The Balaban J connectivity index is 1.48. The van der Waals surface area contributed by atoms with Crippen molar-refractivity contribution >= 4 is 12.2 Å². The van der Waals surface area contributed by atoms with Crippen LogP contribution in [0.3, 0.4) is 0 Å². The van der Waals surface area contributed by atoms with Crippen LogP contribution in [0.4, 0.5) is 0 Å². The minimum Gasteiger partial charge on any atom is -0.296 e. The molecule has 2 aromatic heterocycles. The van der Waals surface area contributed by atoms with Crippen LogP contribution in [0.15, 0.2) is 53.3 Å². The number of aromatic amines is 1. The van der Waals surface area contributed by atoms with Crippen LogP contribution < -0.4 is 5.69 Å². The van der Waals surface area contributed by atoms with Crippen molar-refractivity contribution in [2.75, 3.05) is 0 Å². The van der Waals surface area contributed by atoms with Gasteiger partial charge in [-0.3, -0.25) is 14.2 Å². The van der Waals surface area contributed by atoms with E-state index in [0.717, 1.165) is 71.8 Å². The first-order valence-corrected chi connectivity index (χ1v) is 13.4. The van der Waals surface area contributed by atoms with Crippen LogP contribution in [0.25, 0.3) is 22.5 Å². The summed E-state index contributed by atoms with van der Waals surface area (Å²) in [5.74, 6) is 0.0810. The molecule has 0 amide bonds. The molecule has 0 radical (unpaired) electrons. The maximum Gasteiger partial charge on any atom is 0.336 e. The number of H-pyrrole nitrogens is 1. The summed E-state index contributed by atoms with van der Waals surface area (Å²) in [5, 5.41) is 14.4. The number of aldehydes is 1. The van der Waals surface area contributed by atoms with Gasteiger partial charge in [0.05, 0.1) is 12.2 Å². The largest absolute Gasteiger partial charge is 0.336 e. The SMILES string of the molecule is CCCCc1c(C=O)n(C(=O)C2CCCCC2)c(=O)n1Cc1ccc(-c2ccccc2-c2nn[nH]n2)cc1. The highest BCUT2D eigenvalue weighted by Gasteiger charge is 2.29. The van der Waals surface area contributed by atoms with Crippen LogP contribution in [0.2, 0.25) is 0 Å². The second kappa shape index (κ2) is 11.5. The number of benzene rings is 2. The average molecular weight is 513 g/mol. The molecule has 1 saturated carbocycles. The van der Waals surface area contributed by atoms with Gasteiger partial charge < -0.3 is 0 Å². The minimum atomic E-state index is -0.416. The molecule has 4 aromatic rings. The molecule has 9 heteroatoms. The van der Waals surface area contributed by atoms with E-state index in [1.165, 1.54) is 0 Å². The summed E-state index contributed by atoms with van der Waals surface area (Å²) in [6.07, 6.45) is 7.61. The molecule has 0 saturated heterocycles. The fraction of sp³-hybridized carbons (Fsp3) is 0.379. The Morgan fingerprint density at radius 2 is 1.79 bits per heavy atom. The Hall–Kier alpha value is -4.14. The molecule has 38 heavy (non-hydrogen) atoms. The number of carbonyl (C=O) groups is 2. The van der Waals surface area contributed by atoms with Crippen molar-refractivity contribution in [3.05, 3.63) is 76.0 Å². The predicted molar refractivity (Wildman–Crippen MR) is 144 cm³/mol. The van der Waals surface area contributed by atoms with Crippen LogP contribution >= 0.6 is 0 Å². The molecule has 0 aliphatic heterocycles. The van der Waals surface area contributed by atoms with E-state index in [4.69, 9.17) is 0 Å². The number of hydrogen-bond donors (Lipinski definition) is 1. The van der Waals surface area contributed by atoms with E-state index in [2.05, 4.69) is 27.5 Å². The first-order chi connectivity index (χ1) is 18.6. The van der Waals surface area contributed by atoms with E-state index in [1.54, 1.807) is 4.57 Å². The van der Waals surface area contributed by atoms with E-state index in [1.807, 2.05) is 48.5 Å². The highest BCUT2D eigenvalue weighted by Crippen LogP contribution is 2.30. The lowest BCUT2D eigenvalue weighted by molar-refractivity contribution is 0.0788. The summed E-state index contributed by atoms with van der Waals surface area (Å²) >= 11 is 0. The van der Waals surface area contributed by atoms with Gasteiger partial charge in [-0.15, -0.1) is 10.2 Å². The third-order valence-corrected chi connectivity index (χ3v) is 7.46. The zero-order chi connectivity index (χ0) is 26.5. The summed E-state index contributed by atoms with van der Waals surface area (Å²) in [5.41, 5.74) is 4.15. The van der Waals surface area contributed by atoms with Gasteiger partial charge in [0.2, 0.25) is 11.7 Å². The maximum atomic E-state index is 13.6. The highest BCUT2D eigenvalue weighted by atomic mass is 16.2. The Bertz CT molecular complexity index is 1460. The van der Waals surface area contributed by atoms with Crippen LogP contribution in [0.5, 0.6) is 0 Å². The summed E-state index contributed by atoms with van der Waals surface area (Å²) < 4.78 is 2.77. The van der Waals surface area contributed by atoms with E-state index in [-0.39, 0.29) is 24.1 Å². The van der Waals surface area contributed by atoms with E-state index >= 15 is 0 Å². The first-order valence-electron chi connectivity index (χ1n) is 13.4. The quantitative estimate of drug-likeness (QED) is 0.318. The second-order valence-electron chi connectivity index (χ2n) is 9.91. The van der Waals surface area contributed by atoms with E-state index < -0.39 is 5.69 Å². The molecule has 1 aliphatic rings. The van der Waals surface area contributed by atoms with Crippen molar-refractivity contribution < 1.29 is 9.59 Å². The molecule has 1 N–H and O–H groups in total. The first kappa shape index (κ1) is 25.5. The average Bonchev–Trinajstić information content (AvgIpc) is 3.59. The Kier molecular flexibility index (Phi) is 7.72. The summed E-state index contributed by atoms with van der Waals surface area (Å²) in [6.45, 7) is 2.36. The number of carbonyl (C=O) groups excluding carboxylic acids is 2. The van der Waals surface area contributed by atoms with Gasteiger partial charge in [-0.05, 0) is 47.6 Å². The molecule has 2 aromatic carbocycles.